The summed E-state index contributed by atoms with van der Waals surface area (Å²) < 4.78 is 11.0. The molecule has 0 bridgehead atoms. The van der Waals surface area contributed by atoms with Gasteiger partial charge in [-0.25, -0.2) is 9.96 Å². The number of ether oxygens (including phenoxy) is 2. The summed E-state index contributed by atoms with van der Waals surface area (Å²) in [5, 5.41) is 2.19. The molecule has 0 spiro atoms. The zero-order valence-corrected chi connectivity index (χ0v) is 19.8. The Morgan fingerprint density at radius 2 is 1.59 bits per heavy atom. The summed E-state index contributed by atoms with van der Waals surface area (Å²) in [7, 11) is 3.11. The summed E-state index contributed by atoms with van der Waals surface area (Å²) >= 11 is 12.2. The second-order valence-corrected chi connectivity index (χ2v) is 8.69. The van der Waals surface area contributed by atoms with Gasteiger partial charge in [-0.3, -0.25) is 14.4 Å². The van der Waals surface area contributed by atoms with E-state index >= 15 is 0 Å². The first-order chi connectivity index (χ1) is 16.4. The number of benzene rings is 3. The number of rotatable bonds is 5. The molecule has 174 valence electrons. The number of hydrogen-bond donors (Lipinski definition) is 0. The lowest BCUT2D eigenvalue weighted by molar-refractivity contribution is -0.126. The molecule has 0 radical (unpaired) electrons. The highest BCUT2D eigenvalue weighted by atomic mass is 35.5. The maximum Gasteiger partial charge on any atom is 0.266 e. The van der Waals surface area contributed by atoms with Crippen molar-refractivity contribution in [2.75, 3.05) is 24.2 Å². The number of amides is 2. The van der Waals surface area contributed by atoms with Crippen LogP contribution in [-0.2, 0) is 14.4 Å². The molecule has 7 nitrogen and oxygen atoms in total. The molecular formula is C25H20Cl2N2O5. The van der Waals surface area contributed by atoms with E-state index in [0.717, 1.165) is 4.90 Å². The fraction of sp³-hybridized carbons (Fsp3) is 0.200. The third-order valence-corrected chi connectivity index (χ3v) is 6.79. The summed E-state index contributed by atoms with van der Waals surface area (Å²) in [5.41, 5.74) is 1.74. The third-order valence-electron chi connectivity index (χ3n) is 6.05. The van der Waals surface area contributed by atoms with Crippen LogP contribution in [0, 0.1) is 5.92 Å². The average Bonchev–Trinajstić information content (AvgIpc) is 3.36. The van der Waals surface area contributed by atoms with Gasteiger partial charge in [0.1, 0.15) is 17.4 Å². The molecule has 2 amide bonds. The van der Waals surface area contributed by atoms with Crippen molar-refractivity contribution in [3.05, 3.63) is 82.3 Å². The van der Waals surface area contributed by atoms with E-state index < -0.39 is 29.9 Å². The molecule has 0 aliphatic carbocycles. The highest BCUT2D eigenvalue weighted by Gasteiger charge is 2.60. The standard InChI is InChI=1S/C25H20Cl2N2O5/c1-32-16-9-10-17(20(13-16)33-2)22-21-23(34-29(22)14-6-4-3-5-7-14)25(31)28(24(21)30)15-8-11-18(26)19(27)12-15/h3-13,21-23H,1-2H3/t21-,22-,23-/m1/s1. The first kappa shape index (κ1) is 22.5. The van der Waals surface area contributed by atoms with Crippen molar-refractivity contribution in [2.24, 2.45) is 5.92 Å². The molecule has 2 saturated heterocycles. The van der Waals surface area contributed by atoms with Crippen molar-refractivity contribution < 1.29 is 23.9 Å². The van der Waals surface area contributed by atoms with E-state index in [9.17, 15) is 9.59 Å². The van der Waals surface area contributed by atoms with Crippen LogP contribution in [0.4, 0.5) is 11.4 Å². The lowest BCUT2D eigenvalue weighted by Crippen LogP contribution is -2.37. The lowest BCUT2D eigenvalue weighted by atomic mass is 9.90. The van der Waals surface area contributed by atoms with Crippen molar-refractivity contribution in [3.63, 3.8) is 0 Å². The van der Waals surface area contributed by atoms with Crippen molar-refractivity contribution in [3.8, 4) is 11.5 Å². The van der Waals surface area contributed by atoms with Crippen LogP contribution in [0.15, 0.2) is 66.7 Å². The molecule has 5 rings (SSSR count). The number of imide groups is 1. The number of carbonyl (C=O) groups excluding carboxylic acids is 2. The molecule has 0 aromatic heterocycles. The molecule has 0 unspecified atom stereocenters. The van der Waals surface area contributed by atoms with E-state index in [4.69, 9.17) is 37.5 Å². The fourth-order valence-electron chi connectivity index (χ4n) is 4.47. The number of anilines is 2. The molecule has 3 atom stereocenters. The molecule has 3 aromatic carbocycles. The van der Waals surface area contributed by atoms with Crippen LogP contribution in [0.25, 0.3) is 0 Å². The van der Waals surface area contributed by atoms with Gasteiger partial charge in [-0.05, 0) is 42.5 Å². The van der Waals surface area contributed by atoms with E-state index in [0.29, 0.717) is 33.5 Å². The normalized spacial score (nSPS) is 21.7. The SMILES string of the molecule is COc1ccc([C@@H]2[C@H]3C(=O)N(c4ccc(Cl)c(Cl)c4)C(=O)[C@@H]3ON2c2ccccc2)c(OC)c1. The lowest BCUT2D eigenvalue weighted by Gasteiger charge is -2.29. The van der Waals surface area contributed by atoms with Crippen LogP contribution < -0.4 is 19.4 Å². The monoisotopic (exact) mass is 498 g/mol. The minimum atomic E-state index is -1.01. The number of halogens is 2. The average molecular weight is 499 g/mol. The minimum absolute atomic E-state index is 0.247. The zero-order chi connectivity index (χ0) is 24.0. The van der Waals surface area contributed by atoms with Gasteiger partial charge in [-0.15, -0.1) is 0 Å². The van der Waals surface area contributed by atoms with E-state index in [1.54, 1.807) is 43.5 Å². The van der Waals surface area contributed by atoms with Gasteiger partial charge >= 0.3 is 0 Å². The van der Waals surface area contributed by atoms with Crippen LogP contribution in [-0.4, -0.2) is 32.1 Å². The number of nitrogens with zero attached hydrogens (tertiary/aromatic N) is 2. The van der Waals surface area contributed by atoms with Crippen LogP contribution in [0.1, 0.15) is 11.6 Å². The highest BCUT2D eigenvalue weighted by molar-refractivity contribution is 6.42. The first-order valence-electron chi connectivity index (χ1n) is 10.5. The molecule has 0 saturated carbocycles. The molecule has 9 heteroatoms. The molecule has 0 N–H and O–H groups in total. The number of para-hydroxylation sites is 1. The molecule has 2 heterocycles. The molecule has 2 aliphatic rings. The topological polar surface area (TPSA) is 68.3 Å². The largest absolute Gasteiger partial charge is 0.497 e. The van der Waals surface area contributed by atoms with Gasteiger partial charge in [-0.2, -0.15) is 0 Å². The Kier molecular flexibility index (Phi) is 5.85. The number of carbonyl (C=O) groups is 2. The van der Waals surface area contributed by atoms with Crippen LogP contribution in [0.2, 0.25) is 10.0 Å². The van der Waals surface area contributed by atoms with Gasteiger partial charge in [0.05, 0.1) is 41.7 Å². The first-order valence-corrected chi connectivity index (χ1v) is 11.3. The van der Waals surface area contributed by atoms with E-state index in [1.165, 1.54) is 6.07 Å². The van der Waals surface area contributed by atoms with Gasteiger partial charge in [0.15, 0.2) is 6.10 Å². The smallest absolute Gasteiger partial charge is 0.266 e. The fourth-order valence-corrected chi connectivity index (χ4v) is 4.76. The summed E-state index contributed by atoms with van der Waals surface area (Å²) in [4.78, 5) is 34.4. The van der Waals surface area contributed by atoms with Gasteiger partial charge in [0, 0.05) is 11.6 Å². The van der Waals surface area contributed by atoms with Crippen LogP contribution in [0.5, 0.6) is 11.5 Å². The summed E-state index contributed by atoms with van der Waals surface area (Å²) in [6, 6.07) is 18.7. The van der Waals surface area contributed by atoms with E-state index in [2.05, 4.69) is 0 Å². The maximum atomic E-state index is 13.7. The van der Waals surface area contributed by atoms with Crippen LogP contribution >= 0.6 is 23.2 Å². The Labute approximate surface area is 206 Å². The van der Waals surface area contributed by atoms with Crippen molar-refractivity contribution in [1.82, 2.24) is 0 Å². The molecule has 2 aliphatic heterocycles. The van der Waals surface area contributed by atoms with Gasteiger partial charge in [0.2, 0.25) is 5.91 Å². The van der Waals surface area contributed by atoms with Gasteiger partial charge in [-0.1, -0.05) is 41.4 Å². The highest BCUT2D eigenvalue weighted by Crippen LogP contribution is 2.50. The van der Waals surface area contributed by atoms with Gasteiger partial charge < -0.3 is 9.47 Å². The second-order valence-electron chi connectivity index (χ2n) is 7.88. The Hall–Kier alpha value is -3.26. The quantitative estimate of drug-likeness (QED) is 0.458. The minimum Gasteiger partial charge on any atom is -0.497 e. The number of methoxy groups -OCH3 is 2. The van der Waals surface area contributed by atoms with Crippen molar-refractivity contribution >= 4 is 46.4 Å². The molecule has 3 aromatic rings. The molecular weight excluding hydrogens is 479 g/mol. The number of hydroxylamine groups is 1. The van der Waals surface area contributed by atoms with Crippen molar-refractivity contribution in [1.29, 1.82) is 0 Å². The summed E-state index contributed by atoms with van der Waals surface area (Å²) in [6.07, 6.45) is -1.01. The number of fused-ring (bicyclic) bond motifs is 1. The number of hydrogen-bond acceptors (Lipinski definition) is 6. The summed E-state index contributed by atoms with van der Waals surface area (Å²) in [6.45, 7) is 0. The predicted molar refractivity (Wildman–Crippen MR) is 129 cm³/mol. The predicted octanol–water partition coefficient (Wildman–Crippen LogP) is 5.06. The summed E-state index contributed by atoms with van der Waals surface area (Å²) in [5.74, 6) is -0.556. The van der Waals surface area contributed by atoms with Crippen LogP contribution in [0.3, 0.4) is 0 Å². The van der Waals surface area contributed by atoms with Crippen molar-refractivity contribution in [2.45, 2.75) is 12.1 Å². The molecule has 34 heavy (non-hydrogen) atoms. The van der Waals surface area contributed by atoms with E-state index in [1.807, 2.05) is 36.4 Å². The Morgan fingerprint density at radius 3 is 2.26 bits per heavy atom. The third kappa shape index (κ3) is 3.57. The Balaban J connectivity index is 1.62. The second kappa shape index (κ2) is 8.83. The zero-order valence-electron chi connectivity index (χ0n) is 18.3. The Morgan fingerprint density at radius 1 is 0.824 bits per heavy atom. The molecule has 2 fully saturated rings. The maximum absolute atomic E-state index is 13.7. The van der Waals surface area contributed by atoms with Gasteiger partial charge in [0.25, 0.3) is 5.91 Å². The Bertz CT molecular complexity index is 1270. The van der Waals surface area contributed by atoms with E-state index in [-0.39, 0.29) is 5.02 Å².